The molecule has 4 nitrogen and oxygen atoms in total. The maximum absolute atomic E-state index is 11.8. The molecule has 0 bridgehead atoms. The van der Waals surface area contributed by atoms with Crippen LogP contribution in [0.3, 0.4) is 0 Å². The fraction of sp³-hybridized carbons (Fsp3) is 0.756. The number of ether oxygens (including phenoxy) is 3. The van der Waals surface area contributed by atoms with Crippen LogP contribution in [0.5, 0.6) is 0 Å². The van der Waals surface area contributed by atoms with Crippen LogP contribution >= 0.6 is 0 Å². The molecular weight excluding hydrogens is 604 g/mol. The van der Waals surface area contributed by atoms with Gasteiger partial charge in [-0.2, -0.15) is 0 Å². The van der Waals surface area contributed by atoms with Crippen LogP contribution in [0.1, 0.15) is 97.3 Å². The number of hydrogen-bond donors (Lipinski definition) is 0. The third-order valence-electron chi connectivity index (χ3n) is 18.2. The second-order valence-electron chi connectivity index (χ2n) is 19.4. The summed E-state index contributed by atoms with van der Waals surface area (Å²) in [4.78, 5) is 11.8. The monoisotopic (exact) mass is 662 g/mol. The number of carbonyl (C=O) groups excluding carboxylic acids is 1. The minimum absolute atomic E-state index is 0.0753. The summed E-state index contributed by atoms with van der Waals surface area (Å²) < 4.78 is 18.5. The van der Waals surface area contributed by atoms with Crippen LogP contribution in [0.15, 0.2) is 59.4 Å². The Labute approximate surface area is 294 Å². The van der Waals surface area contributed by atoms with E-state index in [1.54, 1.807) is 5.57 Å². The highest BCUT2D eigenvalue weighted by atomic mass is 16.5. The number of carbonyl (C=O) groups is 1. The largest absolute Gasteiger partial charge is 0.501 e. The Kier molecular flexibility index (Phi) is 6.49. The molecule has 0 aromatic heterocycles. The predicted octanol–water partition coefficient (Wildman–Crippen LogP) is 9.19. The molecule has 2 aliphatic heterocycles. The van der Waals surface area contributed by atoms with Crippen LogP contribution in [0.4, 0.5) is 0 Å². The predicted molar refractivity (Wildman–Crippen MR) is 190 cm³/mol. The Bertz CT molecular complexity index is 1610. The smallest absolute Gasteiger partial charge is 0.155 e. The highest BCUT2D eigenvalue weighted by Gasteiger charge is 2.77. The molecule has 49 heavy (non-hydrogen) atoms. The summed E-state index contributed by atoms with van der Waals surface area (Å²) in [6, 6.07) is 0. The standard InChI is InChI=1S/C23H30O2.C22H28O2/c1-22-10-8-17-16-7-5-15(24-2)12-14(16)4-6-18(17)21(22)19-13-20(19)23(22)9-3-11-25-23;1-21-9-7-16-15-6-4-14(23)11-13(15)3-5-17(16)20(21)18-12-19(18)22(21)8-2-10-24-22/h3-4,9,12,16-21H,5-8,10-11,13H2,1-2H3;2,8,11,15-20H,3-7,9-10,12H2,1H3/t16-,17?,18?,19+,20-,21?,22-,23-;15-,16?,17?,18+,19-,20?,21-,22-/m00/s1. The first-order valence-corrected chi connectivity index (χ1v) is 20.6. The number of fused-ring (bicyclic) bond motifs is 18. The molecule has 10 aliphatic carbocycles. The molecule has 7 saturated carbocycles. The van der Waals surface area contributed by atoms with Gasteiger partial charge in [0.2, 0.25) is 0 Å². The molecule has 0 aromatic carbocycles. The Hall–Kier alpha value is -1.91. The van der Waals surface area contributed by atoms with Crippen LogP contribution in [0.2, 0.25) is 0 Å². The number of ketones is 1. The van der Waals surface area contributed by atoms with Gasteiger partial charge < -0.3 is 14.2 Å². The Morgan fingerprint density at radius 3 is 1.96 bits per heavy atom. The molecule has 6 unspecified atom stereocenters. The van der Waals surface area contributed by atoms with Gasteiger partial charge in [0.05, 0.1) is 37.3 Å². The average Bonchev–Trinajstić information content (AvgIpc) is 3.90. The average molecular weight is 663 g/mol. The van der Waals surface area contributed by atoms with E-state index in [1.807, 2.05) is 13.2 Å². The lowest BCUT2D eigenvalue weighted by atomic mass is 9.49. The lowest BCUT2D eigenvalue weighted by molar-refractivity contribution is -0.132. The summed E-state index contributed by atoms with van der Waals surface area (Å²) in [5.74, 6) is 11.8. The van der Waals surface area contributed by atoms with Gasteiger partial charge in [-0.15, -0.1) is 0 Å². The van der Waals surface area contributed by atoms with E-state index in [1.165, 1.54) is 75.5 Å². The zero-order valence-electron chi connectivity index (χ0n) is 30.2. The van der Waals surface area contributed by atoms with Gasteiger partial charge in [0.25, 0.3) is 0 Å². The minimum atomic E-state index is 0.0753. The van der Waals surface area contributed by atoms with E-state index in [2.05, 4.69) is 50.3 Å². The molecule has 12 rings (SSSR count). The third-order valence-corrected chi connectivity index (χ3v) is 18.2. The van der Waals surface area contributed by atoms with Crippen LogP contribution in [0, 0.1) is 81.8 Å². The normalized spacial score (nSPS) is 56.1. The molecule has 7 fully saturated rings. The van der Waals surface area contributed by atoms with E-state index in [-0.39, 0.29) is 11.2 Å². The van der Waals surface area contributed by atoms with Crippen molar-refractivity contribution in [2.45, 2.75) is 109 Å². The van der Waals surface area contributed by atoms with Gasteiger partial charge in [-0.1, -0.05) is 49.8 Å². The first-order chi connectivity index (χ1) is 23.8. The Balaban J connectivity index is 0.000000118. The van der Waals surface area contributed by atoms with Crippen molar-refractivity contribution in [2.24, 2.45) is 81.8 Å². The van der Waals surface area contributed by atoms with Crippen LogP contribution < -0.4 is 0 Å². The first kappa shape index (κ1) is 30.7. The molecule has 12 aliphatic rings. The highest BCUT2D eigenvalue weighted by Crippen LogP contribution is 2.79. The van der Waals surface area contributed by atoms with Crippen LogP contribution in [-0.2, 0) is 19.0 Å². The van der Waals surface area contributed by atoms with Crippen molar-refractivity contribution in [3.05, 3.63) is 59.4 Å². The lowest BCUT2D eigenvalue weighted by Crippen LogP contribution is -2.54. The maximum atomic E-state index is 11.8. The van der Waals surface area contributed by atoms with Crippen molar-refractivity contribution in [2.75, 3.05) is 20.3 Å². The maximum Gasteiger partial charge on any atom is 0.155 e. The van der Waals surface area contributed by atoms with E-state index in [4.69, 9.17) is 14.2 Å². The van der Waals surface area contributed by atoms with E-state index in [9.17, 15) is 4.79 Å². The molecule has 16 atom stereocenters. The van der Waals surface area contributed by atoms with Crippen molar-refractivity contribution >= 4 is 5.78 Å². The molecule has 262 valence electrons. The van der Waals surface area contributed by atoms with Crippen molar-refractivity contribution < 1.29 is 19.0 Å². The third kappa shape index (κ3) is 3.87. The van der Waals surface area contributed by atoms with E-state index in [0.717, 1.165) is 103 Å². The molecule has 0 amide bonds. The summed E-state index contributed by atoms with van der Waals surface area (Å²) in [6.07, 6.45) is 32.9. The molecule has 0 N–H and O–H groups in total. The van der Waals surface area contributed by atoms with Crippen molar-refractivity contribution in [3.8, 4) is 0 Å². The molecule has 2 spiro atoms. The van der Waals surface area contributed by atoms with E-state index in [0.29, 0.717) is 16.6 Å². The van der Waals surface area contributed by atoms with Gasteiger partial charge in [0.1, 0.15) is 0 Å². The molecule has 0 aromatic rings. The highest BCUT2D eigenvalue weighted by molar-refractivity contribution is 5.91. The zero-order chi connectivity index (χ0) is 32.9. The van der Waals surface area contributed by atoms with Gasteiger partial charge >= 0.3 is 0 Å². The van der Waals surface area contributed by atoms with Crippen molar-refractivity contribution in [1.82, 2.24) is 0 Å². The second-order valence-corrected chi connectivity index (χ2v) is 19.4. The summed E-state index contributed by atoms with van der Waals surface area (Å²) in [7, 11) is 1.82. The second kappa shape index (κ2) is 10.4. The fourth-order valence-corrected chi connectivity index (χ4v) is 16.4. The van der Waals surface area contributed by atoms with Gasteiger partial charge in [0.15, 0.2) is 5.78 Å². The van der Waals surface area contributed by atoms with Gasteiger partial charge in [-0.05, 0) is 159 Å². The SMILES string of the molecule is COC1=CC2=CCC3C(CC[C@@]4(C)C3[C@@H]3C[C@@H]3[C@@]43C=CCO3)[C@H]2CC1.C[C@]12CCC3C(CCC4=CC(=O)CC[C@@H]43)C1[C@@H]1C[C@@H]1[C@@]21C=CCO1. The quantitative estimate of drug-likeness (QED) is 0.263. The van der Waals surface area contributed by atoms with Crippen LogP contribution in [-0.4, -0.2) is 37.3 Å². The molecule has 2 heterocycles. The number of allylic oxidation sites excluding steroid dienone is 5. The fourth-order valence-electron chi connectivity index (χ4n) is 16.4. The Morgan fingerprint density at radius 2 is 1.33 bits per heavy atom. The van der Waals surface area contributed by atoms with Crippen molar-refractivity contribution in [3.63, 3.8) is 0 Å². The van der Waals surface area contributed by atoms with E-state index < -0.39 is 0 Å². The van der Waals surface area contributed by atoms with Gasteiger partial charge in [-0.25, -0.2) is 0 Å². The number of methoxy groups -OCH3 is 1. The van der Waals surface area contributed by atoms with Gasteiger partial charge in [0, 0.05) is 23.7 Å². The summed E-state index contributed by atoms with van der Waals surface area (Å²) in [5, 5.41) is 0. The van der Waals surface area contributed by atoms with Crippen LogP contribution in [0.25, 0.3) is 0 Å². The Morgan fingerprint density at radius 1 is 0.694 bits per heavy atom. The minimum Gasteiger partial charge on any atom is -0.501 e. The summed E-state index contributed by atoms with van der Waals surface area (Å²) >= 11 is 0. The zero-order valence-corrected chi connectivity index (χ0v) is 30.2. The lowest BCUT2D eigenvalue weighted by Gasteiger charge is -2.57. The number of rotatable bonds is 1. The molecule has 0 saturated heterocycles. The summed E-state index contributed by atoms with van der Waals surface area (Å²) in [5.41, 5.74) is 4.00. The van der Waals surface area contributed by atoms with Gasteiger partial charge in [-0.3, -0.25) is 4.79 Å². The molecular formula is C45H58O4. The summed E-state index contributed by atoms with van der Waals surface area (Å²) in [6.45, 7) is 6.82. The molecule has 0 radical (unpaired) electrons. The molecule has 4 heteroatoms. The van der Waals surface area contributed by atoms with Crippen molar-refractivity contribution in [1.29, 1.82) is 0 Å². The van der Waals surface area contributed by atoms with E-state index >= 15 is 0 Å². The number of hydrogen-bond acceptors (Lipinski definition) is 4. The first-order valence-electron chi connectivity index (χ1n) is 20.6. The topological polar surface area (TPSA) is 44.8 Å².